The van der Waals surface area contributed by atoms with Crippen LogP contribution in [-0.2, 0) is 29.1 Å². The average molecular weight is 196 g/mol. The zero-order chi connectivity index (χ0) is 7.44. The molecule has 52 valence electrons. The molecule has 2 N–H and O–H groups in total. The fourth-order valence-electron chi connectivity index (χ4n) is 0.263. The van der Waals surface area contributed by atoms with Crippen LogP contribution in [0.4, 0.5) is 0 Å². The molecule has 6 heteroatoms. The summed E-state index contributed by atoms with van der Waals surface area (Å²) in [5.74, 6) is -3.08. The van der Waals surface area contributed by atoms with Gasteiger partial charge in [-0.1, -0.05) is 0 Å². The Labute approximate surface area is 70.0 Å². The van der Waals surface area contributed by atoms with Crippen molar-refractivity contribution in [3.63, 3.8) is 0 Å². The molecule has 0 saturated carbocycles. The fraction of sp³-hybridized carbons (Fsp3) is 0.500. The molecule has 0 rings (SSSR count). The van der Waals surface area contributed by atoms with Crippen LogP contribution in [0, 0.1) is 0 Å². The molecule has 0 saturated heterocycles. The molecule has 0 aromatic carbocycles. The van der Waals surface area contributed by atoms with Crippen molar-refractivity contribution in [2.75, 3.05) is 0 Å². The molecule has 0 aromatic rings. The molecule has 0 heterocycles. The molecular weight excluding hydrogens is 191 g/mol. The molecule has 0 aliphatic carbocycles. The van der Waals surface area contributed by atoms with Crippen LogP contribution < -0.4 is 15.9 Å². The standard InChI is InChI=1S/C4H7NO4.Zn/c5-2(4(8)9)1-3(6)7;/h2H,1,5H2,(H,6,7)(H,8,9);/q;+2/p-2/t2-;/m0./s1. The Morgan fingerprint density at radius 1 is 1.40 bits per heavy atom. The van der Waals surface area contributed by atoms with E-state index in [1.165, 1.54) is 0 Å². The number of hydrogen-bond acceptors (Lipinski definition) is 5. The van der Waals surface area contributed by atoms with Crippen LogP contribution in [0.25, 0.3) is 0 Å². The third-order valence-corrected chi connectivity index (χ3v) is 0.689. The van der Waals surface area contributed by atoms with Crippen molar-refractivity contribution < 1.29 is 39.3 Å². The second-order valence-electron chi connectivity index (χ2n) is 1.50. The van der Waals surface area contributed by atoms with Crippen LogP contribution in [0.1, 0.15) is 6.42 Å². The van der Waals surface area contributed by atoms with Gasteiger partial charge in [-0.2, -0.15) is 0 Å². The second-order valence-corrected chi connectivity index (χ2v) is 1.50. The van der Waals surface area contributed by atoms with Crippen LogP contribution in [-0.4, -0.2) is 18.0 Å². The van der Waals surface area contributed by atoms with E-state index in [-0.39, 0.29) is 19.5 Å². The molecule has 5 nitrogen and oxygen atoms in total. The van der Waals surface area contributed by atoms with E-state index in [4.69, 9.17) is 5.73 Å². The third-order valence-electron chi connectivity index (χ3n) is 0.689. The molecule has 0 spiro atoms. The number of carboxylic acid groups (broad SMARTS) is 2. The van der Waals surface area contributed by atoms with Crippen molar-refractivity contribution in [1.82, 2.24) is 0 Å². The van der Waals surface area contributed by atoms with Gasteiger partial charge in [0.25, 0.3) is 0 Å². The maximum atomic E-state index is 9.71. The number of carboxylic acids is 2. The number of rotatable bonds is 3. The quantitative estimate of drug-likeness (QED) is 0.466. The van der Waals surface area contributed by atoms with Crippen LogP contribution in [0.2, 0.25) is 0 Å². The van der Waals surface area contributed by atoms with Crippen molar-refractivity contribution in [2.45, 2.75) is 12.5 Å². The van der Waals surface area contributed by atoms with E-state index in [0.29, 0.717) is 0 Å². The Morgan fingerprint density at radius 3 is 1.90 bits per heavy atom. The van der Waals surface area contributed by atoms with E-state index in [1.807, 2.05) is 0 Å². The zero-order valence-corrected chi connectivity index (χ0v) is 8.17. The molecule has 0 amide bonds. The van der Waals surface area contributed by atoms with Gasteiger partial charge in [-0.25, -0.2) is 0 Å². The maximum Gasteiger partial charge on any atom is 2.00 e. The summed E-state index contributed by atoms with van der Waals surface area (Å²) < 4.78 is 0. The predicted octanol–water partition coefficient (Wildman–Crippen LogP) is -3.80. The first-order valence-corrected chi connectivity index (χ1v) is 2.20. The van der Waals surface area contributed by atoms with E-state index in [9.17, 15) is 19.8 Å². The molecular formula is C4H5NO4Zn. The summed E-state index contributed by atoms with van der Waals surface area (Å²) in [6.45, 7) is 0. The van der Waals surface area contributed by atoms with Gasteiger partial charge in [0.2, 0.25) is 0 Å². The Balaban J connectivity index is 0. The van der Waals surface area contributed by atoms with Crippen molar-refractivity contribution in [2.24, 2.45) is 5.73 Å². The summed E-state index contributed by atoms with van der Waals surface area (Å²) >= 11 is 0. The average Bonchev–Trinajstić information content (AvgIpc) is 1.63. The van der Waals surface area contributed by atoms with Crippen LogP contribution in [0.15, 0.2) is 0 Å². The number of nitrogens with two attached hydrogens (primary N) is 1. The molecule has 0 fully saturated rings. The van der Waals surface area contributed by atoms with Crippen molar-refractivity contribution in [3.05, 3.63) is 0 Å². The van der Waals surface area contributed by atoms with Gasteiger partial charge in [0.1, 0.15) is 0 Å². The first-order valence-electron chi connectivity index (χ1n) is 2.20. The number of hydrogen-bond donors (Lipinski definition) is 1. The Morgan fingerprint density at radius 2 is 1.80 bits per heavy atom. The van der Waals surface area contributed by atoms with Crippen molar-refractivity contribution in [1.29, 1.82) is 0 Å². The van der Waals surface area contributed by atoms with Crippen LogP contribution in [0.3, 0.4) is 0 Å². The van der Waals surface area contributed by atoms with Crippen molar-refractivity contribution >= 4 is 11.9 Å². The van der Waals surface area contributed by atoms with Gasteiger partial charge in [0, 0.05) is 18.4 Å². The van der Waals surface area contributed by atoms with Gasteiger partial charge in [0.05, 0.1) is 5.97 Å². The normalized spacial score (nSPS) is 11.3. The molecule has 0 bridgehead atoms. The van der Waals surface area contributed by atoms with Gasteiger partial charge in [-0.15, -0.1) is 0 Å². The third kappa shape index (κ3) is 5.66. The minimum Gasteiger partial charge on any atom is -0.550 e. The Kier molecular flexibility index (Phi) is 6.50. The topological polar surface area (TPSA) is 106 Å². The minimum absolute atomic E-state index is 0. The first-order chi connectivity index (χ1) is 4.04. The maximum absolute atomic E-state index is 9.71. The SMILES string of the molecule is N[C@@H](CC(=O)[O-])C(=O)[O-].[Zn+2]. The largest absolute Gasteiger partial charge is 2.00 e. The molecule has 0 unspecified atom stereocenters. The van der Waals surface area contributed by atoms with E-state index in [1.54, 1.807) is 0 Å². The Hall–Kier alpha value is -0.477. The second kappa shape index (κ2) is 5.32. The molecule has 1 atom stereocenters. The van der Waals surface area contributed by atoms with Gasteiger partial charge in [-0.05, 0) is 0 Å². The number of carbonyl (C=O) groups excluding carboxylic acids is 2. The Bertz CT molecular complexity index is 137. The van der Waals surface area contributed by atoms with Gasteiger partial charge >= 0.3 is 19.5 Å². The van der Waals surface area contributed by atoms with Gasteiger partial charge in [0.15, 0.2) is 0 Å². The van der Waals surface area contributed by atoms with E-state index < -0.39 is 24.4 Å². The van der Waals surface area contributed by atoms with Crippen LogP contribution in [0.5, 0.6) is 0 Å². The molecule has 0 radical (unpaired) electrons. The van der Waals surface area contributed by atoms with E-state index >= 15 is 0 Å². The summed E-state index contributed by atoms with van der Waals surface area (Å²) in [4.78, 5) is 19.3. The van der Waals surface area contributed by atoms with Gasteiger partial charge < -0.3 is 25.5 Å². The monoisotopic (exact) mass is 195 g/mol. The number of aliphatic carboxylic acids is 2. The van der Waals surface area contributed by atoms with E-state index in [2.05, 4.69) is 0 Å². The van der Waals surface area contributed by atoms with Gasteiger partial charge in [-0.3, -0.25) is 0 Å². The molecule has 0 aliphatic heterocycles. The fourth-order valence-corrected chi connectivity index (χ4v) is 0.263. The van der Waals surface area contributed by atoms with Crippen LogP contribution >= 0.6 is 0 Å². The summed E-state index contributed by atoms with van der Waals surface area (Å²) in [5.41, 5.74) is 4.73. The summed E-state index contributed by atoms with van der Waals surface area (Å²) in [5, 5.41) is 19.3. The molecule has 0 aromatic heterocycles. The zero-order valence-electron chi connectivity index (χ0n) is 5.20. The first kappa shape index (κ1) is 12.2. The summed E-state index contributed by atoms with van der Waals surface area (Å²) in [6.07, 6.45) is -0.706. The molecule has 10 heavy (non-hydrogen) atoms. The summed E-state index contributed by atoms with van der Waals surface area (Å²) in [7, 11) is 0. The number of carbonyl (C=O) groups is 2. The molecule has 0 aliphatic rings. The smallest absolute Gasteiger partial charge is 0.550 e. The van der Waals surface area contributed by atoms with Crippen molar-refractivity contribution in [3.8, 4) is 0 Å². The predicted molar refractivity (Wildman–Crippen MR) is 22.6 cm³/mol. The summed E-state index contributed by atoms with van der Waals surface area (Å²) in [6, 6.07) is -1.46. The van der Waals surface area contributed by atoms with E-state index in [0.717, 1.165) is 0 Å². The minimum atomic E-state index is -1.58.